The van der Waals surface area contributed by atoms with E-state index >= 15 is 0 Å². The van der Waals surface area contributed by atoms with Gasteiger partial charge in [0.25, 0.3) is 0 Å². The second-order valence-electron chi connectivity index (χ2n) is 21.1. The maximum absolute atomic E-state index is 6.32. The zero-order chi connectivity index (χ0) is 45.1. The van der Waals surface area contributed by atoms with Crippen molar-refractivity contribution in [3.8, 4) is 5.75 Å². The molecule has 1 aliphatic heterocycles. The lowest BCUT2D eigenvalue weighted by Gasteiger charge is -2.18. The summed E-state index contributed by atoms with van der Waals surface area (Å²) in [7, 11) is -2.02. The van der Waals surface area contributed by atoms with Crippen molar-refractivity contribution in [1.29, 1.82) is 0 Å². The van der Waals surface area contributed by atoms with E-state index in [2.05, 4.69) is 218 Å². The molecule has 1 nitrogen and oxygen atoms in total. The third-order valence-corrected chi connectivity index (χ3v) is 15.0. The minimum Gasteiger partial charge on any atom is -0.543 e. The van der Waals surface area contributed by atoms with Crippen LogP contribution in [-0.2, 0) is 12.1 Å². The normalized spacial score (nSPS) is 13.2. The van der Waals surface area contributed by atoms with Crippen molar-refractivity contribution in [2.24, 2.45) is 0 Å². The van der Waals surface area contributed by atoms with Crippen LogP contribution in [0.5, 0.6) is 5.75 Å². The quantitative estimate of drug-likeness (QED) is 0.145. The average molecular weight is 836 g/mol. The SMILES string of the molecule is CC(C)c1ccc(C(C)C)c(C[SiH](C)C)c1.CC(C)c1ccc(C(C)C)c2c1C[Si](C)(C)O2.Cc1cc(C(C)C)ccc1C(C)C.Cc1cc(C(C)C)ccc1C(C)C. The highest BCUT2D eigenvalue weighted by atomic mass is 28.4. The number of rotatable bonds is 10. The maximum atomic E-state index is 6.32. The fourth-order valence-electron chi connectivity index (χ4n) is 8.27. The van der Waals surface area contributed by atoms with E-state index < -0.39 is 17.1 Å². The Hall–Kier alpha value is -2.89. The van der Waals surface area contributed by atoms with E-state index in [0.29, 0.717) is 47.3 Å². The molecule has 0 bridgehead atoms. The first kappa shape index (κ1) is 52.3. The maximum Gasteiger partial charge on any atom is 0.249 e. The Labute approximate surface area is 369 Å². The number of benzene rings is 4. The molecule has 0 atom stereocenters. The van der Waals surface area contributed by atoms with Crippen LogP contribution in [0.3, 0.4) is 0 Å². The third kappa shape index (κ3) is 15.8. The van der Waals surface area contributed by atoms with Crippen molar-refractivity contribution >= 4 is 17.1 Å². The summed E-state index contributed by atoms with van der Waals surface area (Å²) >= 11 is 0. The molecule has 0 fully saturated rings. The van der Waals surface area contributed by atoms with Gasteiger partial charge < -0.3 is 4.43 Å². The minimum atomic E-state index is -1.50. The van der Waals surface area contributed by atoms with Crippen LogP contribution in [0.1, 0.15) is 225 Å². The van der Waals surface area contributed by atoms with E-state index in [1.165, 1.54) is 73.5 Å². The molecular formula is C56H90OSi2. The molecular weight excluding hydrogens is 745 g/mol. The van der Waals surface area contributed by atoms with Crippen LogP contribution >= 0.6 is 0 Å². The predicted molar refractivity (Wildman–Crippen MR) is 272 cm³/mol. The van der Waals surface area contributed by atoms with Crippen LogP contribution in [0, 0.1) is 13.8 Å². The lowest BCUT2D eigenvalue weighted by atomic mass is 9.91. The molecule has 4 aromatic carbocycles. The smallest absolute Gasteiger partial charge is 0.249 e. The first-order chi connectivity index (χ1) is 27.3. The van der Waals surface area contributed by atoms with E-state index in [9.17, 15) is 0 Å². The molecule has 0 aliphatic carbocycles. The van der Waals surface area contributed by atoms with Crippen LogP contribution in [0.25, 0.3) is 0 Å². The molecule has 0 spiro atoms. The highest BCUT2D eigenvalue weighted by Crippen LogP contribution is 2.42. The Bertz CT molecular complexity index is 1790. The molecule has 59 heavy (non-hydrogen) atoms. The lowest BCUT2D eigenvalue weighted by molar-refractivity contribution is 0.558. The van der Waals surface area contributed by atoms with Crippen LogP contribution in [0.4, 0.5) is 0 Å². The van der Waals surface area contributed by atoms with Gasteiger partial charge in [0.05, 0.1) is 0 Å². The van der Waals surface area contributed by atoms with Gasteiger partial charge >= 0.3 is 0 Å². The summed E-state index contributed by atoms with van der Waals surface area (Å²) in [6, 6.07) is 27.9. The molecule has 0 saturated carbocycles. The standard InChI is InChI=1S/C15H24OSi.C15H26Si.2C13H20/c1-10(2)12-7-8-13(11(3)4)15-14(12)9-17(5,6)16-15;1-11(2)13-7-8-15(12(3)4)14(9-13)10-16(5)6;2*1-9(2)12-6-7-13(10(3)4)11(5)8-12/h7-8,10-11H,9H2,1-6H3;7-9,11-12,16H,10H2,1-6H3;2*6-10H,1-5H3. The number of aryl methyl sites for hydroxylation is 2. The Morgan fingerprint density at radius 3 is 1.14 bits per heavy atom. The fraction of sp³-hybridized carbons (Fsp3) is 0.571. The molecule has 328 valence electrons. The zero-order valence-electron chi connectivity index (χ0n) is 42.4. The number of hydrogen-bond acceptors (Lipinski definition) is 1. The molecule has 1 heterocycles. The largest absolute Gasteiger partial charge is 0.543 e. The molecule has 3 heteroatoms. The van der Waals surface area contributed by atoms with E-state index in [1.807, 2.05) is 0 Å². The summed E-state index contributed by atoms with van der Waals surface area (Å²) in [6.45, 7) is 50.1. The van der Waals surface area contributed by atoms with Gasteiger partial charge in [-0.3, -0.25) is 0 Å². The van der Waals surface area contributed by atoms with Crippen LogP contribution in [0.2, 0.25) is 26.2 Å². The monoisotopic (exact) mass is 835 g/mol. The third-order valence-electron chi connectivity index (χ3n) is 11.8. The van der Waals surface area contributed by atoms with Gasteiger partial charge in [0.1, 0.15) is 5.75 Å². The molecule has 0 N–H and O–H groups in total. The molecule has 0 amide bonds. The Morgan fingerprint density at radius 2 is 0.797 bits per heavy atom. The van der Waals surface area contributed by atoms with Crippen LogP contribution < -0.4 is 4.43 Å². The number of fused-ring (bicyclic) bond motifs is 1. The molecule has 0 radical (unpaired) electrons. The van der Waals surface area contributed by atoms with E-state index in [0.717, 1.165) is 0 Å². The molecule has 0 aromatic heterocycles. The Balaban J connectivity index is 0.000000273. The molecule has 0 unspecified atom stereocenters. The van der Waals surface area contributed by atoms with Gasteiger partial charge in [-0.1, -0.05) is 191 Å². The van der Waals surface area contributed by atoms with Crippen LogP contribution in [0.15, 0.2) is 66.7 Å². The fourth-order valence-corrected chi connectivity index (χ4v) is 11.6. The van der Waals surface area contributed by atoms with E-state index in [4.69, 9.17) is 4.43 Å². The molecule has 1 aliphatic rings. The summed E-state index contributed by atoms with van der Waals surface area (Å²) in [5.41, 5.74) is 17.8. The zero-order valence-corrected chi connectivity index (χ0v) is 44.5. The van der Waals surface area contributed by atoms with E-state index in [1.54, 1.807) is 11.1 Å². The average Bonchev–Trinajstić information content (AvgIpc) is 3.45. The van der Waals surface area contributed by atoms with Crippen molar-refractivity contribution in [2.45, 2.75) is 210 Å². The van der Waals surface area contributed by atoms with Crippen molar-refractivity contribution in [3.05, 3.63) is 133 Å². The lowest BCUT2D eigenvalue weighted by Crippen LogP contribution is -2.32. The summed E-state index contributed by atoms with van der Waals surface area (Å²) in [6.07, 6.45) is 0. The van der Waals surface area contributed by atoms with Crippen molar-refractivity contribution in [2.75, 3.05) is 0 Å². The Kier molecular flexibility index (Phi) is 20.7. The Morgan fingerprint density at radius 1 is 0.458 bits per heavy atom. The summed E-state index contributed by atoms with van der Waals surface area (Å²) < 4.78 is 6.32. The summed E-state index contributed by atoms with van der Waals surface area (Å²) in [4.78, 5) is 0. The second-order valence-corrected chi connectivity index (χ2v) is 28.4. The van der Waals surface area contributed by atoms with Gasteiger partial charge in [0.15, 0.2) is 0 Å². The summed E-state index contributed by atoms with van der Waals surface area (Å²) in [5.74, 6) is 6.23. The van der Waals surface area contributed by atoms with Crippen molar-refractivity contribution in [3.63, 3.8) is 0 Å². The highest BCUT2D eigenvalue weighted by Gasteiger charge is 2.37. The topological polar surface area (TPSA) is 9.23 Å². The van der Waals surface area contributed by atoms with Gasteiger partial charge in [-0.25, -0.2) is 0 Å². The van der Waals surface area contributed by atoms with Gasteiger partial charge in [-0.2, -0.15) is 0 Å². The van der Waals surface area contributed by atoms with Crippen molar-refractivity contribution < 1.29 is 4.43 Å². The van der Waals surface area contributed by atoms with Gasteiger partial charge in [-0.05, 0) is 147 Å². The van der Waals surface area contributed by atoms with Gasteiger partial charge in [-0.15, -0.1) is 0 Å². The second kappa shape index (κ2) is 23.4. The summed E-state index contributed by atoms with van der Waals surface area (Å²) in [5, 5.41) is 0. The molecule has 0 saturated heterocycles. The van der Waals surface area contributed by atoms with Crippen LogP contribution in [-0.4, -0.2) is 17.1 Å². The minimum absolute atomic E-state index is 0.518. The van der Waals surface area contributed by atoms with Gasteiger partial charge in [0.2, 0.25) is 8.32 Å². The van der Waals surface area contributed by atoms with Crippen molar-refractivity contribution in [1.82, 2.24) is 0 Å². The first-order valence-electron chi connectivity index (χ1n) is 23.5. The van der Waals surface area contributed by atoms with E-state index in [-0.39, 0.29) is 0 Å². The number of hydrogen-bond donors (Lipinski definition) is 0. The molecule has 5 rings (SSSR count). The molecule has 4 aromatic rings. The van der Waals surface area contributed by atoms with Gasteiger partial charge in [0, 0.05) is 14.8 Å². The first-order valence-corrected chi connectivity index (χ1v) is 29.7. The highest BCUT2D eigenvalue weighted by molar-refractivity contribution is 6.72. The predicted octanol–water partition coefficient (Wildman–Crippen LogP) is 17.6.